The number of hydrogen-bond donors (Lipinski definition) is 1. The van der Waals surface area contributed by atoms with Gasteiger partial charge in [0.2, 0.25) is 0 Å². The molecule has 0 amide bonds. The van der Waals surface area contributed by atoms with E-state index in [9.17, 15) is 13.2 Å². The first-order chi connectivity index (χ1) is 7.49. The van der Waals surface area contributed by atoms with Crippen molar-refractivity contribution in [3.8, 4) is 0 Å². The maximum absolute atomic E-state index is 11.9. The molecule has 0 aliphatic rings. The van der Waals surface area contributed by atoms with E-state index < -0.39 is 12.6 Å². The lowest BCUT2D eigenvalue weighted by atomic mass is 10.2. The molecular weight excluding hydrogens is 219 g/mol. The number of rotatable bonds is 5. The molecule has 1 aromatic rings. The fourth-order valence-electron chi connectivity index (χ4n) is 1.25. The van der Waals surface area contributed by atoms with E-state index in [0.29, 0.717) is 6.54 Å². The third-order valence-electron chi connectivity index (χ3n) is 2.11. The highest BCUT2D eigenvalue weighted by Crippen LogP contribution is 2.21. The Morgan fingerprint density at radius 1 is 1.38 bits per heavy atom. The first-order valence-corrected chi connectivity index (χ1v) is 5.05. The zero-order valence-electron chi connectivity index (χ0n) is 8.96. The summed E-state index contributed by atoms with van der Waals surface area (Å²) >= 11 is 0. The summed E-state index contributed by atoms with van der Waals surface area (Å²) in [5.41, 5.74) is 0.731. The quantitative estimate of drug-likeness (QED) is 0.794. The van der Waals surface area contributed by atoms with Gasteiger partial charge in [-0.15, -0.1) is 0 Å². The monoisotopic (exact) mass is 233 g/mol. The minimum absolute atomic E-state index is 0.0775. The van der Waals surface area contributed by atoms with E-state index in [-0.39, 0.29) is 12.5 Å². The third kappa shape index (κ3) is 5.06. The number of alkyl halides is 3. The fraction of sp³-hybridized carbons (Fsp3) is 0.600. The highest BCUT2D eigenvalue weighted by atomic mass is 19.4. The van der Waals surface area contributed by atoms with Crippen molar-refractivity contribution in [2.45, 2.75) is 32.0 Å². The summed E-state index contributed by atoms with van der Waals surface area (Å²) in [6, 6.07) is -0.0815. The SMILES string of the molecule is CC(NCCCC(F)(F)F)c1cnccn1. The number of aromatic nitrogens is 2. The Bertz CT molecular complexity index is 300. The number of nitrogens with one attached hydrogen (secondary N) is 1. The van der Waals surface area contributed by atoms with Crippen LogP contribution in [0.5, 0.6) is 0 Å². The minimum Gasteiger partial charge on any atom is -0.309 e. The molecule has 0 aliphatic carbocycles. The second-order valence-electron chi connectivity index (χ2n) is 3.52. The molecule has 6 heteroatoms. The lowest BCUT2D eigenvalue weighted by molar-refractivity contribution is -0.135. The van der Waals surface area contributed by atoms with Crippen molar-refractivity contribution >= 4 is 0 Å². The van der Waals surface area contributed by atoms with Gasteiger partial charge in [-0.1, -0.05) is 0 Å². The summed E-state index contributed by atoms with van der Waals surface area (Å²) < 4.78 is 35.6. The van der Waals surface area contributed by atoms with Crippen LogP contribution >= 0.6 is 0 Å². The Morgan fingerprint density at radius 2 is 2.12 bits per heavy atom. The van der Waals surface area contributed by atoms with Crippen molar-refractivity contribution in [2.75, 3.05) is 6.54 Å². The lowest BCUT2D eigenvalue weighted by Gasteiger charge is -2.13. The van der Waals surface area contributed by atoms with Crippen molar-refractivity contribution in [3.05, 3.63) is 24.3 Å². The van der Waals surface area contributed by atoms with Crippen LogP contribution in [0.4, 0.5) is 13.2 Å². The van der Waals surface area contributed by atoms with Crippen LogP contribution in [0, 0.1) is 0 Å². The molecule has 0 aliphatic heterocycles. The lowest BCUT2D eigenvalue weighted by Crippen LogP contribution is -2.22. The highest BCUT2D eigenvalue weighted by Gasteiger charge is 2.25. The average Bonchev–Trinajstić information content (AvgIpc) is 2.24. The largest absolute Gasteiger partial charge is 0.389 e. The zero-order valence-corrected chi connectivity index (χ0v) is 8.96. The summed E-state index contributed by atoms with van der Waals surface area (Å²) in [7, 11) is 0. The van der Waals surface area contributed by atoms with Gasteiger partial charge in [-0.3, -0.25) is 9.97 Å². The molecule has 1 aromatic heterocycles. The van der Waals surface area contributed by atoms with Crippen LogP contribution in [0.1, 0.15) is 31.5 Å². The third-order valence-corrected chi connectivity index (χ3v) is 2.11. The van der Waals surface area contributed by atoms with Gasteiger partial charge in [0.15, 0.2) is 0 Å². The van der Waals surface area contributed by atoms with Crippen molar-refractivity contribution in [1.82, 2.24) is 15.3 Å². The van der Waals surface area contributed by atoms with Crippen molar-refractivity contribution in [1.29, 1.82) is 0 Å². The standard InChI is InChI=1S/C10H14F3N3/c1-8(9-7-14-5-6-16-9)15-4-2-3-10(11,12)13/h5-8,15H,2-4H2,1H3. The summed E-state index contributed by atoms with van der Waals surface area (Å²) in [5.74, 6) is 0. The Balaban J connectivity index is 2.24. The second-order valence-corrected chi connectivity index (χ2v) is 3.52. The molecule has 0 fully saturated rings. The van der Waals surface area contributed by atoms with E-state index in [1.54, 1.807) is 18.6 Å². The first kappa shape index (κ1) is 12.9. The Kier molecular flexibility index (Phi) is 4.67. The Hall–Kier alpha value is -1.17. The van der Waals surface area contributed by atoms with Gasteiger partial charge in [-0.2, -0.15) is 13.2 Å². The molecule has 0 aromatic carbocycles. The van der Waals surface area contributed by atoms with Gasteiger partial charge in [0.1, 0.15) is 0 Å². The topological polar surface area (TPSA) is 37.8 Å². The summed E-state index contributed by atoms with van der Waals surface area (Å²) in [6.45, 7) is 2.16. The molecule has 1 unspecified atom stereocenters. The predicted molar refractivity (Wildman–Crippen MR) is 53.7 cm³/mol. The number of nitrogens with zero attached hydrogens (tertiary/aromatic N) is 2. The smallest absolute Gasteiger partial charge is 0.309 e. The van der Waals surface area contributed by atoms with Crippen LogP contribution in [-0.4, -0.2) is 22.7 Å². The van der Waals surface area contributed by atoms with Crippen molar-refractivity contribution in [3.63, 3.8) is 0 Å². The second kappa shape index (κ2) is 5.79. The van der Waals surface area contributed by atoms with Gasteiger partial charge in [0, 0.05) is 31.1 Å². The summed E-state index contributed by atoms with van der Waals surface area (Å²) in [5, 5.41) is 2.97. The molecule has 1 rings (SSSR count). The first-order valence-electron chi connectivity index (χ1n) is 5.05. The molecule has 0 spiro atoms. The van der Waals surface area contributed by atoms with E-state index in [2.05, 4.69) is 15.3 Å². The number of hydrogen-bond acceptors (Lipinski definition) is 3. The van der Waals surface area contributed by atoms with E-state index in [0.717, 1.165) is 5.69 Å². The molecule has 1 atom stereocenters. The van der Waals surface area contributed by atoms with Gasteiger partial charge >= 0.3 is 6.18 Å². The highest BCUT2D eigenvalue weighted by molar-refractivity contribution is 5.00. The van der Waals surface area contributed by atoms with Crippen molar-refractivity contribution in [2.24, 2.45) is 0 Å². The molecule has 0 saturated heterocycles. The summed E-state index contributed by atoms with van der Waals surface area (Å²) in [4.78, 5) is 7.95. The molecule has 0 bridgehead atoms. The minimum atomic E-state index is -4.07. The van der Waals surface area contributed by atoms with Gasteiger partial charge in [0.25, 0.3) is 0 Å². The van der Waals surface area contributed by atoms with Gasteiger partial charge < -0.3 is 5.32 Å². The number of halogens is 3. The van der Waals surface area contributed by atoms with E-state index >= 15 is 0 Å². The van der Waals surface area contributed by atoms with E-state index in [1.165, 1.54) is 0 Å². The molecule has 0 radical (unpaired) electrons. The van der Waals surface area contributed by atoms with E-state index in [4.69, 9.17) is 0 Å². The molecule has 1 heterocycles. The Labute approximate surface area is 92.1 Å². The molecule has 16 heavy (non-hydrogen) atoms. The van der Waals surface area contributed by atoms with Crippen molar-refractivity contribution < 1.29 is 13.2 Å². The zero-order chi connectivity index (χ0) is 12.0. The molecule has 90 valence electrons. The fourth-order valence-corrected chi connectivity index (χ4v) is 1.25. The van der Waals surface area contributed by atoms with Crippen LogP contribution < -0.4 is 5.32 Å². The molecule has 3 nitrogen and oxygen atoms in total. The molecular formula is C10H14F3N3. The summed E-state index contributed by atoms with van der Waals surface area (Å²) in [6.07, 6.45) is -0.0384. The van der Waals surface area contributed by atoms with Crippen LogP contribution in [0.3, 0.4) is 0 Å². The van der Waals surface area contributed by atoms with Gasteiger partial charge in [-0.05, 0) is 19.9 Å². The van der Waals surface area contributed by atoms with Gasteiger partial charge in [-0.25, -0.2) is 0 Å². The van der Waals surface area contributed by atoms with Gasteiger partial charge in [0.05, 0.1) is 5.69 Å². The van der Waals surface area contributed by atoms with Crippen LogP contribution in [0.25, 0.3) is 0 Å². The maximum atomic E-state index is 11.9. The van der Waals surface area contributed by atoms with Crippen LogP contribution in [0.15, 0.2) is 18.6 Å². The normalized spacial score (nSPS) is 13.8. The Morgan fingerprint density at radius 3 is 2.69 bits per heavy atom. The van der Waals surface area contributed by atoms with Crippen LogP contribution in [0.2, 0.25) is 0 Å². The molecule has 1 N–H and O–H groups in total. The molecule has 0 saturated carbocycles. The predicted octanol–water partition coefficient (Wildman–Crippen LogP) is 2.47. The van der Waals surface area contributed by atoms with E-state index in [1.807, 2.05) is 6.92 Å². The van der Waals surface area contributed by atoms with Crippen LogP contribution in [-0.2, 0) is 0 Å². The maximum Gasteiger partial charge on any atom is 0.389 e. The average molecular weight is 233 g/mol.